The number of fused-ring (bicyclic) bond motifs is 1. The summed E-state index contributed by atoms with van der Waals surface area (Å²) in [6.45, 7) is 1.68. The fourth-order valence-corrected chi connectivity index (χ4v) is 3.28. The van der Waals surface area contributed by atoms with Crippen LogP contribution < -0.4 is 5.32 Å². The van der Waals surface area contributed by atoms with Gasteiger partial charge in [0.1, 0.15) is 5.82 Å². The van der Waals surface area contributed by atoms with E-state index < -0.39 is 0 Å². The highest BCUT2D eigenvalue weighted by Gasteiger charge is 2.36. The van der Waals surface area contributed by atoms with E-state index in [1.165, 1.54) is 25.0 Å². The molecule has 1 aromatic carbocycles. The molecule has 2 fully saturated rings. The van der Waals surface area contributed by atoms with E-state index in [1.807, 2.05) is 4.90 Å². The van der Waals surface area contributed by atoms with Gasteiger partial charge >= 0.3 is 0 Å². The van der Waals surface area contributed by atoms with Crippen LogP contribution in [0.4, 0.5) is 4.39 Å². The Kier molecular flexibility index (Phi) is 3.51. The molecule has 3 rings (SSSR count). The van der Waals surface area contributed by atoms with E-state index in [9.17, 15) is 9.18 Å². The second-order valence-corrected chi connectivity index (χ2v) is 5.45. The van der Waals surface area contributed by atoms with Crippen LogP contribution in [0.15, 0.2) is 24.3 Å². The number of rotatable bonds is 2. The lowest BCUT2D eigenvalue weighted by Gasteiger charge is -2.38. The number of benzene rings is 1. The summed E-state index contributed by atoms with van der Waals surface area (Å²) in [5.74, 6) is -0.0840. The minimum atomic E-state index is -0.255. The number of nitrogens with zero attached hydrogens (tertiary/aromatic N) is 1. The molecule has 1 saturated carbocycles. The summed E-state index contributed by atoms with van der Waals surface area (Å²) in [6.07, 6.45) is 3.85. The van der Waals surface area contributed by atoms with E-state index in [4.69, 9.17) is 0 Å². The molecule has 1 aliphatic heterocycles. The molecular weight excluding hydrogens is 243 g/mol. The average Bonchev–Trinajstić information content (AvgIpc) is 2.89. The highest BCUT2D eigenvalue weighted by Crippen LogP contribution is 2.27. The Hall–Kier alpha value is -1.42. The molecule has 3 nitrogen and oxygen atoms in total. The van der Waals surface area contributed by atoms with Gasteiger partial charge in [-0.25, -0.2) is 4.39 Å². The Morgan fingerprint density at radius 1 is 1.32 bits per heavy atom. The van der Waals surface area contributed by atoms with Gasteiger partial charge in [-0.05, 0) is 37.0 Å². The maximum absolute atomic E-state index is 12.9. The molecule has 19 heavy (non-hydrogen) atoms. The van der Waals surface area contributed by atoms with Gasteiger partial charge in [-0.15, -0.1) is 0 Å². The van der Waals surface area contributed by atoms with E-state index in [-0.39, 0.29) is 11.7 Å². The monoisotopic (exact) mass is 262 g/mol. The second-order valence-electron chi connectivity index (χ2n) is 5.45. The van der Waals surface area contributed by atoms with Crippen LogP contribution in [0, 0.1) is 5.82 Å². The zero-order chi connectivity index (χ0) is 13.2. The van der Waals surface area contributed by atoms with Crippen LogP contribution in [-0.4, -0.2) is 36.0 Å². The SMILES string of the molecule is O=C(Cc1ccc(F)cc1)N1CCNC2CCCC21. The van der Waals surface area contributed by atoms with Crippen LogP contribution in [0.25, 0.3) is 0 Å². The molecule has 0 spiro atoms. The smallest absolute Gasteiger partial charge is 0.227 e. The highest BCUT2D eigenvalue weighted by molar-refractivity contribution is 5.79. The Bertz CT molecular complexity index is 460. The second kappa shape index (κ2) is 5.29. The Morgan fingerprint density at radius 3 is 2.89 bits per heavy atom. The van der Waals surface area contributed by atoms with Gasteiger partial charge in [0.05, 0.1) is 6.42 Å². The Balaban J connectivity index is 1.67. The van der Waals surface area contributed by atoms with Gasteiger partial charge in [0.15, 0.2) is 0 Å². The van der Waals surface area contributed by atoms with E-state index in [0.717, 1.165) is 25.1 Å². The number of amides is 1. The number of halogens is 1. The summed E-state index contributed by atoms with van der Waals surface area (Å²) in [4.78, 5) is 14.4. The third-order valence-corrected chi connectivity index (χ3v) is 4.23. The van der Waals surface area contributed by atoms with Crippen molar-refractivity contribution in [2.45, 2.75) is 37.8 Å². The lowest BCUT2D eigenvalue weighted by molar-refractivity contribution is -0.134. The van der Waals surface area contributed by atoms with Crippen molar-refractivity contribution in [3.05, 3.63) is 35.6 Å². The summed E-state index contributed by atoms with van der Waals surface area (Å²) < 4.78 is 12.9. The Morgan fingerprint density at radius 2 is 2.11 bits per heavy atom. The lowest BCUT2D eigenvalue weighted by Crippen LogP contribution is -2.57. The zero-order valence-corrected chi connectivity index (χ0v) is 10.9. The third-order valence-electron chi connectivity index (χ3n) is 4.23. The molecule has 2 atom stereocenters. The van der Waals surface area contributed by atoms with Crippen LogP contribution in [0.1, 0.15) is 24.8 Å². The van der Waals surface area contributed by atoms with Crippen LogP contribution in [0.2, 0.25) is 0 Å². The van der Waals surface area contributed by atoms with Crippen molar-refractivity contribution in [2.75, 3.05) is 13.1 Å². The van der Waals surface area contributed by atoms with E-state index in [2.05, 4.69) is 5.32 Å². The molecule has 0 aromatic heterocycles. The summed E-state index contributed by atoms with van der Waals surface area (Å²) in [6, 6.07) is 7.06. The predicted molar refractivity (Wildman–Crippen MR) is 71.2 cm³/mol. The molecule has 1 heterocycles. The average molecular weight is 262 g/mol. The summed E-state index contributed by atoms with van der Waals surface area (Å²) in [5, 5.41) is 3.49. The number of carbonyl (C=O) groups is 1. The Labute approximate surface area is 112 Å². The molecule has 1 saturated heterocycles. The van der Waals surface area contributed by atoms with Crippen molar-refractivity contribution in [1.29, 1.82) is 0 Å². The normalized spacial score (nSPS) is 26.3. The van der Waals surface area contributed by atoms with Gasteiger partial charge in [0, 0.05) is 25.2 Å². The molecule has 1 N–H and O–H groups in total. The van der Waals surface area contributed by atoms with E-state index >= 15 is 0 Å². The van der Waals surface area contributed by atoms with Crippen molar-refractivity contribution in [3.63, 3.8) is 0 Å². The fraction of sp³-hybridized carbons (Fsp3) is 0.533. The highest BCUT2D eigenvalue weighted by atomic mass is 19.1. The quantitative estimate of drug-likeness (QED) is 0.880. The van der Waals surface area contributed by atoms with Crippen molar-refractivity contribution >= 4 is 5.91 Å². The molecule has 102 valence electrons. The third kappa shape index (κ3) is 2.63. The van der Waals surface area contributed by atoms with Crippen molar-refractivity contribution in [3.8, 4) is 0 Å². The molecule has 1 amide bonds. The minimum Gasteiger partial charge on any atom is -0.337 e. The number of hydrogen-bond acceptors (Lipinski definition) is 2. The molecular formula is C15H19FN2O. The molecule has 0 bridgehead atoms. The minimum absolute atomic E-state index is 0.171. The molecule has 0 radical (unpaired) electrons. The van der Waals surface area contributed by atoms with Crippen molar-refractivity contribution in [1.82, 2.24) is 10.2 Å². The molecule has 1 aliphatic carbocycles. The number of piperazine rings is 1. The maximum Gasteiger partial charge on any atom is 0.227 e. The van der Waals surface area contributed by atoms with Gasteiger partial charge < -0.3 is 10.2 Å². The number of carbonyl (C=O) groups excluding carboxylic acids is 1. The van der Waals surface area contributed by atoms with E-state index in [1.54, 1.807) is 12.1 Å². The molecule has 1 aromatic rings. The van der Waals surface area contributed by atoms with Crippen LogP contribution >= 0.6 is 0 Å². The topological polar surface area (TPSA) is 32.3 Å². The predicted octanol–water partition coefficient (Wildman–Crippen LogP) is 1.72. The lowest BCUT2D eigenvalue weighted by atomic mass is 10.0. The summed E-state index contributed by atoms with van der Waals surface area (Å²) >= 11 is 0. The first-order chi connectivity index (χ1) is 9.24. The van der Waals surface area contributed by atoms with Crippen molar-refractivity contribution in [2.24, 2.45) is 0 Å². The van der Waals surface area contributed by atoms with Gasteiger partial charge in [0.25, 0.3) is 0 Å². The molecule has 4 heteroatoms. The zero-order valence-electron chi connectivity index (χ0n) is 10.9. The summed E-state index contributed by atoms with van der Waals surface area (Å²) in [7, 11) is 0. The molecule has 2 unspecified atom stereocenters. The standard InChI is InChI=1S/C15H19FN2O/c16-12-6-4-11(5-7-12)10-15(19)18-9-8-17-13-2-1-3-14(13)18/h4-7,13-14,17H,1-3,8-10H2. The fourth-order valence-electron chi connectivity index (χ4n) is 3.28. The first-order valence-electron chi connectivity index (χ1n) is 7.01. The van der Waals surface area contributed by atoms with Gasteiger partial charge in [-0.2, -0.15) is 0 Å². The largest absolute Gasteiger partial charge is 0.337 e. The number of hydrogen-bond donors (Lipinski definition) is 1. The van der Waals surface area contributed by atoms with Crippen LogP contribution in [0.5, 0.6) is 0 Å². The van der Waals surface area contributed by atoms with Crippen molar-refractivity contribution < 1.29 is 9.18 Å². The van der Waals surface area contributed by atoms with Crippen LogP contribution in [-0.2, 0) is 11.2 Å². The van der Waals surface area contributed by atoms with Gasteiger partial charge in [-0.1, -0.05) is 12.1 Å². The first kappa shape index (κ1) is 12.6. The molecule has 2 aliphatic rings. The van der Waals surface area contributed by atoms with Gasteiger partial charge in [-0.3, -0.25) is 4.79 Å². The summed E-state index contributed by atoms with van der Waals surface area (Å²) in [5.41, 5.74) is 0.888. The number of nitrogens with one attached hydrogen (secondary N) is 1. The first-order valence-corrected chi connectivity index (χ1v) is 7.01. The van der Waals surface area contributed by atoms with Crippen LogP contribution in [0.3, 0.4) is 0 Å². The van der Waals surface area contributed by atoms with Gasteiger partial charge in [0.2, 0.25) is 5.91 Å². The maximum atomic E-state index is 12.9. The van der Waals surface area contributed by atoms with E-state index in [0.29, 0.717) is 18.5 Å².